The lowest BCUT2D eigenvalue weighted by Crippen LogP contribution is -2.66. The first kappa shape index (κ1) is 44.3. The minimum Gasteiger partial charge on any atom is -0.489 e. The number of nitrogens with zero attached hydrogens (tertiary/aromatic N) is 1. The average molecular weight is 872 g/mol. The molecule has 3 fully saturated rings. The molecule has 63 heavy (non-hydrogen) atoms. The van der Waals surface area contributed by atoms with Gasteiger partial charge in [0.1, 0.15) is 36.4 Å². The van der Waals surface area contributed by atoms with E-state index < -0.39 is 56.0 Å². The summed E-state index contributed by atoms with van der Waals surface area (Å²) in [6.07, 6.45) is -6.11. The molecular weight excluding hydrogens is 815 g/mol. The number of aliphatic hydroxyl groups excluding tert-OH is 3. The first-order chi connectivity index (χ1) is 30.0. The molecule has 0 radical (unpaired) electrons. The average Bonchev–Trinajstić information content (AvgIpc) is 3.28. The van der Waals surface area contributed by atoms with Gasteiger partial charge >= 0.3 is 5.97 Å². The number of hydrogen-bond donors (Lipinski definition) is 4. The molecule has 1 spiro atoms. The second-order valence-corrected chi connectivity index (χ2v) is 23.4. The van der Waals surface area contributed by atoms with E-state index in [0.29, 0.717) is 31.4 Å². The van der Waals surface area contributed by atoms with Crippen molar-refractivity contribution in [3.63, 3.8) is 0 Å². The van der Waals surface area contributed by atoms with Gasteiger partial charge in [0, 0.05) is 11.3 Å². The Labute approximate surface area is 370 Å². The number of aliphatic carboxylic acids is 1. The molecule has 5 aromatic carbocycles. The van der Waals surface area contributed by atoms with Gasteiger partial charge in [-0.15, -0.1) is 0 Å². The minimum absolute atomic E-state index is 0.0123. The van der Waals surface area contributed by atoms with E-state index in [4.69, 9.17) is 18.6 Å². The maximum absolute atomic E-state index is 15.0. The number of amides is 1. The van der Waals surface area contributed by atoms with Gasteiger partial charge in [0.05, 0.1) is 17.1 Å². The second kappa shape index (κ2) is 17.3. The molecule has 4 N–H and O–H groups in total. The summed E-state index contributed by atoms with van der Waals surface area (Å²) in [7, 11) is -2.26. The summed E-state index contributed by atoms with van der Waals surface area (Å²) in [6.45, 7) is 11.7. The summed E-state index contributed by atoms with van der Waals surface area (Å²) in [5.41, 5.74) is 4.06. The number of carbonyl (C=O) groups is 2. The number of hydrogen-bond acceptors (Lipinski definition) is 9. The Hall–Kier alpha value is -5.34. The van der Waals surface area contributed by atoms with E-state index in [-0.39, 0.29) is 29.3 Å². The Bertz CT molecular complexity index is 2400. The molecule has 8 rings (SSSR count). The van der Waals surface area contributed by atoms with Crippen molar-refractivity contribution in [2.45, 2.75) is 114 Å². The fourth-order valence-corrected chi connectivity index (χ4v) is 10.8. The lowest BCUT2D eigenvalue weighted by atomic mass is 9.56. The lowest BCUT2D eigenvalue weighted by molar-refractivity contribution is -0.271. The number of ether oxygens (including phenoxy) is 3. The number of para-hydroxylation sites is 1. The summed E-state index contributed by atoms with van der Waals surface area (Å²) >= 11 is 0. The molecular formula is C51H57NO10Si. The van der Waals surface area contributed by atoms with Gasteiger partial charge in [-0.25, -0.2) is 4.79 Å². The van der Waals surface area contributed by atoms with Gasteiger partial charge in [0.25, 0.3) is 0 Å². The highest BCUT2D eigenvalue weighted by molar-refractivity contribution is 6.74. The van der Waals surface area contributed by atoms with Crippen molar-refractivity contribution in [2.75, 3.05) is 4.90 Å². The van der Waals surface area contributed by atoms with Gasteiger partial charge in [-0.05, 0) is 96.4 Å². The highest BCUT2D eigenvalue weighted by atomic mass is 28.4. The molecule has 12 heteroatoms. The Balaban J connectivity index is 1.17. The van der Waals surface area contributed by atoms with E-state index in [2.05, 4.69) is 58.1 Å². The summed E-state index contributed by atoms with van der Waals surface area (Å²) in [5, 5.41) is 40.8. The van der Waals surface area contributed by atoms with Crippen LogP contribution in [-0.2, 0) is 31.0 Å². The second-order valence-electron chi connectivity index (χ2n) is 18.7. The number of carboxylic acid groups (broad SMARTS) is 1. The summed E-state index contributed by atoms with van der Waals surface area (Å²) < 4.78 is 25.5. The fraction of sp³-hybridized carbons (Fsp3) is 0.373. The summed E-state index contributed by atoms with van der Waals surface area (Å²) in [6, 6.07) is 42.9. The Morgan fingerprint density at radius 3 is 2.02 bits per heavy atom. The maximum atomic E-state index is 15.0. The molecule has 0 aromatic heterocycles. The number of aliphatic hydroxyl groups is 3. The minimum atomic E-state index is -2.26. The molecule has 2 saturated heterocycles. The first-order valence-electron chi connectivity index (χ1n) is 21.7. The predicted molar refractivity (Wildman–Crippen MR) is 242 cm³/mol. The van der Waals surface area contributed by atoms with E-state index in [9.17, 15) is 30.0 Å². The lowest BCUT2D eigenvalue weighted by Gasteiger charge is -2.61. The topological polar surface area (TPSA) is 155 Å². The highest BCUT2D eigenvalue weighted by Crippen LogP contribution is 2.64. The van der Waals surface area contributed by atoms with Crippen molar-refractivity contribution < 1.29 is 48.7 Å². The van der Waals surface area contributed by atoms with Crippen LogP contribution >= 0.6 is 0 Å². The SMILES string of the molecule is CC(C)(C)[Si](C)(C)OC1(c2ccccc2)CCC2(CC1)C(=O)N(c1ccccc1)[C@@H]2c1ccc(-c2cccc(O[C@@H]3OC(C(=O)O)[C@@H](O)[C@H](O)C3O)c2)cc1OCc1ccccc1. The molecule has 2 heterocycles. The largest absolute Gasteiger partial charge is 0.489 e. The van der Waals surface area contributed by atoms with Crippen molar-refractivity contribution in [2.24, 2.45) is 5.41 Å². The van der Waals surface area contributed by atoms with E-state index in [1.807, 2.05) is 95.9 Å². The molecule has 330 valence electrons. The molecule has 11 nitrogen and oxygen atoms in total. The third kappa shape index (κ3) is 8.43. The van der Waals surface area contributed by atoms with E-state index >= 15 is 0 Å². The monoisotopic (exact) mass is 871 g/mol. The zero-order chi connectivity index (χ0) is 44.7. The predicted octanol–water partition coefficient (Wildman–Crippen LogP) is 8.77. The van der Waals surface area contributed by atoms with Crippen molar-refractivity contribution in [3.8, 4) is 22.6 Å². The molecule has 1 saturated carbocycles. The summed E-state index contributed by atoms with van der Waals surface area (Å²) in [4.78, 5) is 28.6. The first-order valence-corrected chi connectivity index (χ1v) is 24.6. The molecule has 3 aliphatic rings. The van der Waals surface area contributed by atoms with Crippen LogP contribution in [0.4, 0.5) is 5.69 Å². The van der Waals surface area contributed by atoms with Gasteiger partial charge in [-0.1, -0.05) is 124 Å². The Kier molecular flexibility index (Phi) is 12.2. The van der Waals surface area contributed by atoms with Crippen LogP contribution in [0.15, 0.2) is 133 Å². The van der Waals surface area contributed by atoms with Crippen LogP contribution in [0.25, 0.3) is 11.1 Å². The molecule has 0 bridgehead atoms. The number of β-lactam (4-membered cyclic amide) rings is 1. The number of rotatable bonds is 12. The number of carboxylic acids is 1. The molecule has 5 aromatic rings. The van der Waals surface area contributed by atoms with Crippen LogP contribution < -0.4 is 14.4 Å². The quantitative estimate of drug-likeness (QED) is 0.0707. The molecule has 2 aliphatic heterocycles. The Morgan fingerprint density at radius 2 is 1.38 bits per heavy atom. The van der Waals surface area contributed by atoms with Crippen molar-refractivity contribution in [3.05, 3.63) is 150 Å². The van der Waals surface area contributed by atoms with Crippen LogP contribution in [0.3, 0.4) is 0 Å². The zero-order valence-corrected chi connectivity index (χ0v) is 37.4. The highest BCUT2D eigenvalue weighted by Gasteiger charge is 2.65. The third-order valence-corrected chi connectivity index (χ3v) is 18.3. The molecule has 1 amide bonds. The fourth-order valence-electron chi connectivity index (χ4n) is 9.20. The van der Waals surface area contributed by atoms with Gasteiger partial charge < -0.3 is 44.0 Å². The van der Waals surface area contributed by atoms with Gasteiger partial charge in [-0.3, -0.25) is 4.79 Å². The van der Waals surface area contributed by atoms with Crippen molar-refractivity contribution in [1.29, 1.82) is 0 Å². The maximum Gasteiger partial charge on any atom is 0.335 e. The van der Waals surface area contributed by atoms with Gasteiger partial charge in [-0.2, -0.15) is 0 Å². The molecule has 1 aliphatic carbocycles. The van der Waals surface area contributed by atoms with Crippen LogP contribution in [0.5, 0.6) is 11.5 Å². The number of carbonyl (C=O) groups excluding carboxylic acids is 1. The zero-order valence-electron chi connectivity index (χ0n) is 36.4. The Morgan fingerprint density at radius 1 is 0.762 bits per heavy atom. The summed E-state index contributed by atoms with van der Waals surface area (Å²) in [5.74, 6) is -0.554. The van der Waals surface area contributed by atoms with Gasteiger partial charge in [0.2, 0.25) is 12.2 Å². The number of benzene rings is 5. The smallest absolute Gasteiger partial charge is 0.335 e. The van der Waals surface area contributed by atoms with E-state index in [0.717, 1.165) is 33.5 Å². The van der Waals surface area contributed by atoms with Crippen LogP contribution in [-0.4, -0.2) is 71.3 Å². The normalized spacial score (nSPS) is 27.4. The van der Waals surface area contributed by atoms with E-state index in [1.165, 1.54) is 0 Å². The van der Waals surface area contributed by atoms with Gasteiger partial charge in [0.15, 0.2) is 14.4 Å². The number of anilines is 1. The van der Waals surface area contributed by atoms with Crippen LogP contribution in [0.2, 0.25) is 18.1 Å². The standard InChI is InChI=1S/C51H57NO10Si/c1-49(2,3)63(4,5)62-51(36-19-11-7-12-20-36)28-26-50(27-29-51)45(52(48(50)58)37-21-13-8-14-22-37)39-25-24-35(31-40(39)59-32-33-16-9-6-10-17-33)34-18-15-23-38(30-34)60-47-43(55)41(53)42(54)44(61-47)46(56)57/h6-25,30-31,41-45,47,53-55H,26-29,32H2,1-5H3,(H,56,57)/t41-,42-,43?,44?,45+,47+,50?,51?/m0/s1. The van der Waals surface area contributed by atoms with Crippen molar-refractivity contribution in [1.82, 2.24) is 0 Å². The molecule has 2 unspecified atom stereocenters. The van der Waals surface area contributed by atoms with E-state index in [1.54, 1.807) is 18.2 Å². The molecule has 6 atom stereocenters. The van der Waals surface area contributed by atoms with Crippen LogP contribution in [0.1, 0.15) is 69.2 Å². The third-order valence-electron chi connectivity index (χ3n) is 13.7. The van der Waals surface area contributed by atoms with Crippen molar-refractivity contribution >= 4 is 25.9 Å². The van der Waals surface area contributed by atoms with Crippen LogP contribution in [0, 0.1) is 5.41 Å².